The Balaban J connectivity index is 1.83. The lowest BCUT2D eigenvalue weighted by Crippen LogP contribution is -2.40. The van der Waals surface area contributed by atoms with Gasteiger partial charge in [-0.1, -0.05) is 24.3 Å². The second-order valence-corrected chi connectivity index (χ2v) is 7.67. The summed E-state index contributed by atoms with van der Waals surface area (Å²) in [4.78, 5) is 14.4. The first-order valence-electron chi connectivity index (χ1n) is 8.99. The molecule has 0 saturated carbocycles. The van der Waals surface area contributed by atoms with Crippen LogP contribution in [0, 0.1) is 0 Å². The number of hydrogen-bond acceptors (Lipinski definition) is 3. The summed E-state index contributed by atoms with van der Waals surface area (Å²) in [5.41, 5.74) is 1.61. The molecule has 0 radical (unpaired) electrons. The minimum absolute atomic E-state index is 0.124. The maximum absolute atomic E-state index is 12.5. The van der Waals surface area contributed by atoms with Gasteiger partial charge in [-0.25, -0.2) is 4.79 Å². The molecule has 25 heavy (non-hydrogen) atoms. The lowest BCUT2D eigenvalue weighted by molar-refractivity contribution is 0.0224. The first kappa shape index (κ1) is 17.6. The summed E-state index contributed by atoms with van der Waals surface area (Å²) in [7, 11) is 0. The van der Waals surface area contributed by atoms with Crippen LogP contribution in [0.15, 0.2) is 41.3 Å². The quantitative estimate of drug-likeness (QED) is 0.726. The molecule has 0 unspecified atom stereocenters. The summed E-state index contributed by atoms with van der Waals surface area (Å²) in [5, 5.41) is 1.14. The number of para-hydroxylation sites is 1. The topological polar surface area (TPSA) is 42.7 Å². The number of hydrogen-bond donors (Lipinski definition) is 0. The summed E-state index contributed by atoms with van der Waals surface area (Å²) in [5.74, 6) is 0.960. The summed E-state index contributed by atoms with van der Waals surface area (Å²) >= 11 is 0. The van der Waals surface area contributed by atoms with E-state index in [0.717, 1.165) is 49.0 Å². The van der Waals surface area contributed by atoms with Gasteiger partial charge in [-0.15, -0.1) is 6.58 Å². The SMILES string of the molecule is C=CCc1c(C[C@@H]2CCCN2C(=O)OC(C)(C)C)oc2ccccc12. The Morgan fingerprint density at radius 2 is 2.16 bits per heavy atom. The van der Waals surface area contributed by atoms with E-state index >= 15 is 0 Å². The third-order valence-corrected chi connectivity index (χ3v) is 4.56. The molecular formula is C21H27NO3. The molecule has 1 aromatic carbocycles. The molecule has 2 heterocycles. The van der Waals surface area contributed by atoms with E-state index in [0.29, 0.717) is 0 Å². The van der Waals surface area contributed by atoms with Crippen molar-refractivity contribution in [3.8, 4) is 0 Å². The number of amides is 1. The zero-order valence-electron chi connectivity index (χ0n) is 15.4. The predicted octanol–water partition coefficient (Wildman–Crippen LogP) is 5.10. The number of benzene rings is 1. The molecule has 1 aliphatic heterocycles. The molecule has 4 nitrogen and oxygen atoms in total. The van der Waals surface area contributed by atoms with Gasteiger partial charge >= 0.3 is 6.09 Å². The molecule has 1 fully saturated rings. The normalized spacial score (nSPS) is 17.9. The van der Waals surface area contributed by atoms with Crippen LogP contribution in [0.1, 0.15) is 44.9 Å². The molecule has 0 bridgehead atoms. The van der Waals surface area contributed by atoms with E-state index < -0.39 is 5.60 Å². The van der Waals surface area contributed by atoms with Crippen molar-refractivity contribution in [3.05, 3.63) is 48.2 Å². The first-order valence-corrected chi connectivity index (χ1v) is 8.99. The second kappa shape index (κ2) is 6.95. The van der Waals surface area contributed by atoms with Gasteiger partial charge < -0.3 is 14.1 Å². The molecule has 2 aromatic rings. The lowest BCUT2D eigenvalue weighted by atomic mass is 10.0. The standard InChI is InChI=1S/C21H27NO3/c1-5-9-16-17-11-6-7-12-18(17)24-19(16)14-15-10-8-13-22(15)20(23)25-21(2,3)4/h5-7,11-12,15H,1,8-10,13-14H2,2-4H3/t15-/m0/s1. The summed E-state index contributed by atoms with van der Waals surface area (Å²) < 4.78 is 11.7. The smallest absolute Gasteiger partial charge is 0.410 e. The number of ether oxygens (including phenoxy) is 1. The maximum atomic E-state index is 12.5. The van der Waals surface area contributed by atoms with E-state index in [1.165, 1.54) is 5.56 Å². The van der Waals surface area contributed by atoms with Gasteiger partial charge in [0.15, 0.2) is 0 Å². The molecule has 1 amide bonds. The van der Waals surface area contributed by atoms with Crippen LogP contribution in [0.25, 0.3) is 11.0 Å². The number of fused-ring (bicyclic) bond motifs is 1. The van der Waals surface area contributed by atoms with Crippen molar-refractivity contribution in [1.29, 1.82) is 0 Å². The second-order valence-electron chi connectivity index (χ2n) is 7.67. The van der Waals surface area contributed by atoms with Gasteiger partial charge in [0.05, 0.1) is 0 Å². The molecule has 1 saturated heterocycles. The van der Waals surface area contributed by atoms with E-state index in [1.807, 2.05) is 49.9 Å². The molecule has 0 aliphatic carbocycles. The highest BCUT2D eigenvalue weighted by Gasteiger charge is 2.33. The Morgan fingerprint density at radius 1 is 1.40 bits per heavy atom. The molecule has 3 rings (SSSR count). The highest BCUT2D eigenvalue weighted by molar-refractivity contribution is 5.82. The van der Waals surface area contributed by atoms with Crippen molar-refractivity contribution in [1.82, 2.24) is 4.90 Å². The number of allylic oxidation sites excluding steroid dienone is 1. The largest absolute Gasteiger partial charge is 0.461 e. The van der Waals surface area contributed by atoms with Crippen LogP contribution in [0.2, 0.25) is 0 Å². The van der Waals surface area contributed by atoms with Crippen LogP contribution in [0.3, 0.4) is 0 Å². The van der Waals surface area contributed by atoms with Crippen LogP contribution in [-0.2, 0) is 17.6 Å². The Kier molecular flexibility index (Phi) is 4.89. The Labute approximate surface area is 149 Å². The zero-order valence-corrected chi connectivity index (χ0v) is 15.4. The van der Waals surface area contributed by atoms with E-state index in [4.69, 9.17) is 9.15 Å². The van der Waals surface area contributed by atoms with Gasteiger partial charge in [-0.2, -0.15) is 0 Å². The van der Waals surface area contributed by atoms with Crippen molar-refractivity contribution in [2.45, 2.75) is 58.1 Å². The van der Waals surface area contributed by atoms with Crippen molar-refractivity contribution in [2.24, 2.45) is 0 Å². The molecule has 0 N–H and O–H groups in total. The maximum Gasteiger partial charge on any atom is 0.410 e. The van der Waals surface area contributed by atoms with Gasteiger partial charge in [-0.05, 0) is 46.1 Å². The van der Waals surface area contributed by atoms with E-state index in [1.54, 1.807) is 0 Å². The van der Waals surface area contributed by atoms with Crippen molar-refractivity contribution >= 4 is 17.1 Å². The van der Waals surface area contributed by atoms with Crippen LogP contribution in [-0.4, -0.2) is 29.2 Å². The van der Waals surface area contributed by atoms with Gasteiger partial charge in [0.2, 0.25) is 0 Å². The number of likely N-dealkylation sites (tertiary alicyclic amines) is 1. The summed E-state index contributed by atoms with van der Waals surface area (Å²) in [6, 6.07) is 8.21. The fourth-order valence-electron chi connectivity index (χ4n) is 3.51. The predicted molar refractivity (Wildman–Crippen MR) is 99.8 cm³/mol. The third-order valence-electron chi connectivity index (χ3n) is 4.56. The van der Waals surface area contributed by atoms with E-state index in [2.05, 4.69) is 12.6 Å². The average Bonchev–Trinajstić information content (AvgIpc) is 3.12. The molecule has 134 valence electrons. The monoisotopic (exact) mass is 341 g/mol. The molecule has 1 aromatic heterocycles. The molecule has 1 aliphatic rings. The minimum atomic E-state index is -0.475. The zero-order chi connectivity index (χ0) is 18.0. The number of nitrogens with zero attached hydrogens (tertiary/aromatic N) is 1. The van der Waals surface area contributed by atoms with Crippen LogP contribution < -0.4 is 0 Å². The highest BCUT2D eigenvalue weighted by atomic mass is 16.6. The molecule has 0 spiro atoms. The van der Waals surface area contributed by atoms with Gasteiger partial charge in [0, 0.05) is 30.0 Å². The Morgan fingerprint density at radius 3 is 2.88 bits per heavy atom. The fourth-order valence-corrected chi connectivity index (χ4v) is 3.51. The molecular weight excluding hydrogens is 314 g/mol. The Bertz CT molecular complexity index is 769. The van der Waals surface area contributed by atoms with Crippen LogP contribution >= 0.6 is 0 Å². The highest BCUT2D eigenvalue weighted by Crippen LogP contribution is 2.31. The van der Waals surface area contributed by atoms with Crippen LogP contribution in [0.4, 0.5) is 4.79 Å². The number of rotatable bonds is 4. The lowest BCUT2D eigenvalue weighted by Gasteiger charge is -2.28. The van der Waals surface area contributed by atoms with Crippen molar-refractivity contribution < 1.29 is 13.9 Å². The van der Waals surface area contributed by atoms with E-state index in [9.17, 15) is 4.79 Å². The molecule has 1 atom stereocenters. The van der Waals surface area contributed by atoms with Crippen molar-refractivity contribution in [2.75, 3.05) is 6.54 Å². The first-order chi connectivity index (χ1) is 11.9. The number of furan rings is 1. The number of carbonyl (C=O) groups excluding carboxylic acids is 1. The molecule has 4 heteroatoms. The fraction of sp³-hybridized carbons (Fsp3) is 0.476. The average molecular weight is 341 g/mol. The summed E-state index contributed by atoms with van der Waals surface area (Å²) in [6.45, 7) is 10.3. The summed E-state index contributed by atoms with van der Waals surface area (Å²) in [6.07, 6.45) is 5.14. The van der Waals surface area contributed by atoms with Crippen molar-refractivity contribution in [3.63, 3.8) is 0 Å². The van der Waals surface area contributed by atoms with E-state index in [-0.39, 0.29) is 12.1 Å². The van der Waals surface area contributed by atoms with Gasteiger partial charge in [0.25, 0.3) is 0 Å². The van der Waals surface area contributed by atoms with Gasteiger partial charge in [-0.3, -0.25) is 0 Å². The Hall–Kier alpha value is -2.23. The van der Waals surface area contributed by atoms with Gasteiger partial charge in [0.1, 0.15) is 16.9 Å². The minimum Gasteiger partial charge on any atom is -0.461 e. The number of carbonyl (C=O) groups is 1. The third kappa shape index (κ3) is 3.89. The van der Waals surface area contributed by atoms with Crippen LogP contribution in [0.5, 0.6) is 0 Å².